The number of quaternary nitrogens is 1. The molecule has 0 aromatic rings. The van der Waals surface area contributed by atoms with Crippen molar-refractivity contribution in [1.29, 1.82) is 0 Å². The van der Waals surface area contributed by atoms with Gasteiger partial charge in [-0.05, 0) is 74.5 Å². The lowest BCUT2D eigenvalue weighted by molar-refractivity contribution is -0.665. The average molecular weight is 529 g/mol. The molecule has 38 heavy (non-hydrogen) atoms. The molecule has 5 rings (SSSR count). The molecule has 5 aliphatic rings. The number of nitrogens with two attached hydrogens (primary N) is 1. The maximum absolute atomic E-state index is 14.0. The van der Waals surface area contributed by atoms with Crippen LogP contribution in [-0.2, 0) is 23.9 Å². The van der Waals surface area contributed by atoms with Gasteiger partial charge in [-0.25, -0.2) is 0 Å². The van der Waals surface area contributed by atoms with Crippen LogP contribution in [0.1, 0.15) is 105 Å². The van der Waals surface area contributed by atoms with Gasteiger partial charge in [0.15, 0.2) is 0 Å². The summed E-state index contributed by atoms with van der Waals surface area (Å²) in [6.07, 6.45) is 8.02. The molecular formula is C32H50NO5+. The number of piperidine rings is 1. The molecule has 0 bridgehead atoms. The highest BCUT2D eigenvalue weighted by Crippen LogP contribution is 2.66. The number of rotatable bonds is 6. The summed E-state index contributed by atoms with van der Waals surface area (Å²) in [5.41, 5.74) is -1.02. The van der Waals surface area contributed by atoms with E-state index >= 15 is 0 Å². The van der Waals surface area contributed by atoms with Gasteiger partial charge in [-0.15, -0.1) is 0 Å². The zero-order valence-corrected chi connectivity index (χ0v) is 24.4. The van der Waals surface area contributed by atoms with Crippen LogP contribution in [0.3, 0.4) is 0 Å². The molecule has 0 aromatic carbocycles. The van der Waals surface area contributed by atoms with Crippen LogP contribution in [0.5, 0.6) is 0 Å². The first-order valence-corrected chi connectivity index (χ1v) is 15.5. The second kappa shape index (κ2) is 10.1. The minimum absolute atomic E-state index is 0.0529. The lowest BCUT2D eigenvalue weighted by Crippen LogP contribution is -2.86. The lowest BCUT2D eigenvalue weighted by Gasteiger charge is -2.58. The molecule has 1 saturated heterocycles. The Morgan fingerprint density at radius 3 is 2.45 bits per heavy atom. The Morgan fingerprint density at radius 2 is 1.74 bits per heavy atom. The van der Waals surface area contributed by atoms with Gasteiger partial charge in [0.1, 0.15) is 23.0 Å². The summed E-state index contributed by atoms with van der Waals surface area (Å²) in [4.78, 5) is 52.7. The predicted octanol–water partition coefficient (Wildman–Crippen LogP) is 4.28. The molecule has 5 fully saturated rings. The van der Waals surface area contributed by atoms with Crippen molar-refractivity contribution in [2.24, 2.45) is 52.3 Å². The van der Waals surface area contributed by atoms with E-state index in [4.69, 9.17) is 4.74 Å². The highest BCUT2D eigenvalue weighted by Gasteiger charge is 2.66. The minimum atomic E-state index is -0.494. The monoisotopic (exact) mass is 528 g/mol. The normalized spacial score (nSPS) is 40.8. The maximum atomic E-state index is 14.0. The molecule has 0 radical (unpaired) electrons. The van der Waals surface area contributed by atoms with Crippen LogP contribution < -0.4 is 5.32 Å². The molecule has 0 amide bonds. The van der Waals surface area contributed by atoms with Gasteiger partial charge in [0.05, 0.1) is 13.1 Å². The van der Waals surface area contributed by atoms with Gasteiger partial charge in [-0.3, -0.25) is 19.2 Å². The second-order valence-electron chi connectivity index (χ2n) is 14.7. The molecule has 4 saturated carbocycles. The van der Waals surface area contributed by atoms with Crippen LogP contribution in [0.2, 0.25) is 0 Å². The third-order valence-corrected chi connectivity index (χ3v) is 12.5. The minimum Gasteiger partial charge on any atom is -0.459 e. The van der Waals surface area contributed by atoms with E-state index in [9.17, 15) is 19.2 Å². The Bertz CT molecular complexity index is 982. The number of hydrogen-bond acceptors (Lipinski definition) is 5. The first kappa shape index (κ1) is 28.0. The van der Waals surface area contributed by atoms with Crippen molar-refractivity contribution in [3.8, 4) is 0 Å². The maximum Gasteiger partial charge on any atom is 0.306 e. The first-order valence-electron chi connectivity index (χ1n) is 15.5. The zero-order chi connectivity index (χ0) is 27.5. The average Bonchev–Trinajstić information content (AvgIpc) is 3.23. The van der Waals surface area contributed by atoms with Crippen LogP contribution in [0.15, 0.2) is 0 Å². The van der Waals surface area contributed by atoms with Crippen molar-refractivity contribution in [2.45, 2.75) is 111 Å². The SMILES string of the molecule is C[C@H](CCC(=O)OC(C)(C)C1CC[NH2+]CC1)[C@H]1CC[C@H]2[C@@H]3C(=O)C[C@@H]4CC(=O)CC[C@]4(C)[C@H]3CC(=O)[C@]12C. The standard InChI is InChI=1S/C32H49NO5/c1-19(6-9-28(37)38-30(2,3)20-11-14-33-15-12-20)23-7-8-24-29-25(18-27(36)32(23,24)5)31(4)13-10-22(34)16-21(31)17-26(29)35/h19-21,23-25,29,33H,6-18H2,1-5H3/p+1/t19-,21+,23-,24+,25+,29+,31+,32-/m1/s1. The molecular weight excluding hydrogens is 478 g/mol. The number of hydrogen-bond donors (Lipinski definition) is 1. The van der Waals surface area contributed by atoms with Gasteiger partial charge in [-0.1, -0.05) is 20.8 Å². The smallest absolute Gasteiger partial charge is 0.306 e. The van der Waals surface area contributed by atoms with E-state index in [1.165, 1.54) is 0 Å². The Balaban J connectivity index is 1.25. The molecule has 1 heterocycles. The summed E-state index contributed by atoms with van der Waals surface area (Å²) < 4.78 is 6.01. The lowest BCUT2D eigenvalue weighted by atomic mass is 9.44. The van der Waals surface area contributed by atoms with Crippen molar-refractivity contribution in [3.63, 3.8) is 0 Å². The highest BCUT2D eigenvalue weighted by molar-refractivity contribution is 5.93. The van der Waals surface area contributed by atoms with Gasteiger partial charge in [0.25, 0.3) is 0 Å². The number of ether oxygens (including phenoxy) is 1. The van der Waals surface area contributed by atoms with E-state index in [0.717, 1.165) is 51.6 Å². The molecule has 0 spiro atoms. The fourth-order valence-electron chi connectivity index (χ4n) is 9.99. The van der Waals surface area contributed by atoms with Crippen molar-refractivity contribution in [3.05, 3.63) is 0 Å². The van der Waals surface area contributed by atoms with Gasteiger partial charge >= 0.3 is 5.97 Å². The first-order chi connectivity index (χ1) is 17.9. The second-order valence-corrected chi connectivity index (χ2v) is 14.7. The summed E-state index contributed by atoms with van der Waals surface area (Å²) >= 11 is 0. The Labute approximate surface area is 228 Å². The summed E-state index contributed by atoms with van der Waals surface area (Å²) in [6.45, 7) is 12.9. The third kappa shape index (κ3) is 4.61. The van der Waals surface area contributed by atoms with Crippen molar-refractivity contribution < 1.29 is 29.2 Å². The molecule has 0 unspecified atom stereocenters. The quantitative estimate of drug-likeness (QED) is 0.519. The van der Waals surface area contributed by atoms with Crippen molar-refractivity contribution in [2.75, 3.05) is 13.1 Å². The fourth-order valence-corrected chi connectivity index (χ4v) is 9.99. The van der Waals surface area contributed by atoms with Gasteiger partial charge < -0.3 is 10.1 Å². The predicted molar refractivity (Wildman–Crippen MR) is 144 cm³/mol. The molecule has 212 valence electrons. The Kier molecular flexibility index (Phi) is 7.46. The number of fused-ring (bicyclic) bond motifs is 5. The number of esters is 1. The number of Topliss-reactive ketones (excluding diaryl/α,β-unsaturated/α-hetero) is 3. The van der Waals surface area contributed by atoms with Gasteiger partial charge in [0, 0.05) is 62.2 Å². The molecule has 8 atom stereocenters. The van der Waals surface area contributed by atoms with Crippen molar-refractivity contribution >= 4 is 23.3 Å². The van der Waals surface area contributed by atoms with Gasteiger partial charge in [0.2, 0.25) is 0 Å². The van der Waals surface area contributed by atoms with Crippen LogP contribution in [-0.4, -0.2) is 42.0 Å². The molecule has 2 N–H and O–H groups in total. The number of carbonyl (C=O) groups is 4. The summed E-state index contributed by atoms with van der Waals surface area (Å²) in [7, 11) is 0. The van der Waals surface area contributed by atoms with E-state index in [1.54, 1.807) is 0 Å². The number of ketones is 3. The van der Waals surface area contributed by atoms with Crippen LogP contribution in [0.25, 0.3) is 0 Å². The van der Waals surface area contributed by atoms with E-state index in [1.807, 2.05) is 0 Å². The van der Waals surface area contributed by atoms with Crippen LogP contribution >= 0.6 is 0 Å². The summed E-state index contributed by atoms with van der Waals surface area (Å²) in [6, 6.07) is 0. The van der Waals surface area contributed by atoms with Crippen LogP contribution in [0, 0.1) is 52.3 Å². The largest absolute Gasteiger partial charge is 0.459 e. The van der Waals surface area contributed by atoms with E-state index in [-0.39, 0.29) is 52.7 Å². The summed E-state index contributed by atoms with van der Waals surface area (Å²) in [5, 5.41) is 2.33. The Hall–Kier alpha value is -1.56. The zero-order valence-electron chi connectivity index (χ0n) is 24.4. The van der Waals surface area contributed by atoms with E-state index < -0.39 is 11.0 Å². The van der Waals surface area contributed by atoms with E-state index in [2.05, 4.69) is 39.9 Å². The molecule has 0 aromatic heterocycles. The van der Waals surface area contributed by atoms with Crippen LogP contribution in [0.4, 0.5) is 0 Å². The highest BCUT2D eigenvalue weighted by atomic mass is 16.6. The fraction of sp³-hybridized carbons (Fsp3) is 0.875. The summed E-state index contributed by atoms with van der Waals surface area (Å²) in [5.74, 6) is 1.83. The molecule has 6 heteroatoms. The molecule has 6 nitrogen and oxygen atoms in total. The van der Waals surface area contributed by atoms with E-state index in [0.29, 0.717) is 49.6 Å². The molecule has 4 aliphatic carbocycles. The van der Waals surface area contributed by atoms with Gasteiger partial charge in [-0.2, -0.15) is 0 Å². The van der Waals surface area contributed by atoms with Crippen molar-refractivity contribution in [1.82, 2.24) is 0 Å². The number of carbonyl (C=O) groups excluding carboxylic acids is 4. The third-order valence-electron chi connectivity index (χ3n) is 12.5. The topological polar surface area (TPSA) is 94.1 Å². The molecule has 1 aliphatic heterocycles. The Morgan fingerprint density at radius 1 is 1.03 bits per heavy atom.